The first kappa shape index (κ1) is 15.3. The smallest absolute Gasteiger partial charge is 0.322 e. The Hall–Kier alpha value is -0.660. The van der Waals surface area contributed by atoms with Gasteiger partial charge in [-0.2, -0.15) is 0 Å². The molecule has 16 heavy (non-hydrogen) atoms. The van der Waals surface area contributed by atoms with E-state index in [1.54, 1.807) is 20.8 Å². The van der Waals surface area contributed by atoms with E-state index >= 15 is 0 Å². The molecule has 0 atom stereocenters. The van der Waals surface area contributed by atoms with E-state index in [0.717, 1.165) is 0 Å². The highest BCUT2D eigenvalue weighted by Crippen LogP contribution is 2.09. The molecule has 0 rings (SSSR count). The first-order chi connectivity index (χ1) is 7.22. The summed E-state index contributed by atoms with van der Waals surface area (Å²) in [6, 6.07) is 0. The number of carbonyl (C=O) groups is 1. The molecule has 0 unspecified atom stereocenters. The van der Waals surface area contributed by atoms with Gasteiger partial charge in [0.05, 0.1) is 6.61 Å². The van der Waals surface area contributed by atoms with E-state index in [-0.39, 0.29) is 19.6 Å². The van der Waals surface area contributed by atoms with Crippen molar-refractivity contribution in [2.75, 3.05) is 19.0 Å². The van der Waals surface area contributed by atoms with Gasteiger partial charge in [0, 0.05) is 12.1 Å². The maximum absolute atomic E-state index is 11.5. The molecule has 0 amide bonds. The summed E-state index contributed by atoms with van der Waals surface area (Å²) < 4.78 is 29.9. The van der Waals surface area contributed by atoms with Crippen molar-refractivity contribution in [2.24, 2.45) is 0 Å². The van der Waals surface area contributed by atoms with E-state index in [1.165, 1.54) is 0 Å². The molecule has 0 aromatic rings. The van der Waals surface area contributed by atoms with Gasteiger partial charge in [-0.1, -0.05) is 0 Å². The molecule has 0 aliphatic carbocycles. The SMILES string of the molecule is CCOC(=O)CS(=O)(=O)NC(C)(C)CCO. The second kappa shape index (κ2) is 6.17. The number of nitrogens with one attached hydrogen (secondary N) is 1. The highest BCUT2D eigenvalue weighted by atomic mass is 32.2. The number of carbonyl (C=O) groups excluding carboxylic acids is 1. The predicted octanol–water partition coefficient (Wildman–Crippen LogP) is -0.370. The van der Waals surface area contributed by atoms with Crippen molar-refractivity contribution in [3.63, 3.8) is 0 Å². The van der Waals surface area contributed by atoms with Gasteiger partial charge in [0.2, 0.25) is 10.0 Å². The largest absolute Gasteiger partial charge is 0.465 e. The zero-order valence-corrected chi connectivity index (χ0v) is 10.6. The summed E-state index contributed by atoms with van der Waals surface area (Å²) in [4.78, 5) is 11.0. The van der Waals surface area contributed by atoms with Crippen LogP contribution in [-0.2, 0) is 19.6 Å². The third kappa shape index (κ3) is 6.76. The molecule has 0 aliphatic rings. The molecule has 7 heteroatoms. The van der Waals surface area contributed by atoms with Gasteiger partial charge in [0.1, 0.15) is 0 Å². The number of sulfonamides is 1. The molecule has 0 saturated heterocycles. The summed E-state index contributed by atoms with van der Waals surface area (Å²) in [5, 5.41) is 8.74. The molecule has 0 aromatic heterocycles. The second-order valence-electron chi connectivity index (χ2n) is 4.02. The van der Waals surface area contributed by atoms with Crippen molar-refractivity contribution >= 4 is 16.0 Å². The van der Waals surface area contributed by atoms with Gasteiger partial charge in [-0.3, -0.25) is 4.79 Å². The zero-order chi connectivity index (χ0) is 12.8. The molecule has 0 spiro atoms. The number of hydrogen-bond donors (Lipinski definition) is 2. The lowest BCUT2D eigenvalue weighted by atomic mass is 10.0. The number of ether oxygens (including phenoxy) is 1. The maximum Gasteiger partial charge on any atom is 0.322 e. The van der Waals surface area contributed by atoms with Gasteiger partial charge in [0.25, 0.3) is 0 Å². The molecular formula is C9H19NO5S. The number of aliphatic hydroxyl groups is 1. The molecular weight excluding hydrogens is 234 g/mol. The van der Waals surface area contributed by atoms with E-state index in [2.05, 4.69) is 9.46 Å². The molecule has 0 saturated carbocycles. The highest BCUT2D eigenvalue weighted by Gasteiger charge is 2.26. The third-order valence-electron chi connectivity index (χ3n) is 1.78. The number of esters is 1. The van der Waals surface area contributed by atoms with E-state index in [1.807, 2.05) is 0 Å². The van der Waals surface area contributed by atoms with Crippen molar-refractivity contribution in [1.82, 2.24) is 4.72 Å². The van der Waals surface area contributed by atoms with Crippen molar-refractivity contribution < 1.29 is 23.1 Å². The Kier molecular flexibility index (Phi) is 5.91. The number of aliphatic hydroxyl groups excluding tert-OH is 1. The maximum atomic E-state index is 11.5. The Balaban J connectivity index is 4.41. The van der Waals surface area contributed by atoms with E-state index in [4.69, 9.17) is 5.11 Å². The monoisotopic (exact) mass is 253 g/mol. The van der Waals surface area contributed by atoms with Crippen LogP contribution in [0.4, 0.5) is 0 Å². The highest BCUT2D eigenvalue weighted by molar-refractivity contribution is 7.90. The lowest BCUT2D eigenvalue weighted by Gasteiger charge is -2.24. The third-order valence-corrected chi connectivity index (χ3v) is 3.26. The summed E-state index contributed by atoms with van der Waals surface area (Å²) in [6.07, 6.45) is 0.273. The quantitative estimate of drug-likeness (QED) is 0.604. The fourth-order valence-corrected chi connectivity index (χ4v) is 2.56. The average molecular weight is 253 g/mol. The fraction of sp³-hybridized carbons (Fsp3) is 0.889. The van der Waals surface area contributed by atoms with Crippen LogP contribution in [0.15, 0.2) is 0 Å². The summed E-state index contributed by atoms with van der Waals surface area (Å²) >= 11 is 0. The predicted molar refractivity (Wildman–Crippen MR) is 59.3 cm³/mol. The Morgan fingerprint density at radius 2 is 2.00 bits per heavy atom. The number of hydrogen-bond acceptors (Lipinski definition) is 5. The van der Waals surface area contributed by atoms with Gasteiger partial charge < -0.3 is 9.84 Å². The lowest BCUT2D eigenvalue weighted by Crippen LogP contribution is -2.46. The summed E-state index contributed by atoms with van der Waals surface area (Å²) in [7, 11) is -3.72. The molecule has 0 aliphatic heterocycles. The molecule has 6 nitrogen and oxygen atoms in total. The standard InChI is InChI=1S/C9H19NO5S/c1-4-15-8(12)7-16(13,14)10-9(2,3)5-6-11/h10-11H,4-7H2,1-3H3. The van der Waals surface area contributed by atoms with Gasteiger partial charge in [-0.15, -0.1) is 0 Å². The minimum absolute atomic E-state index is 0.130. The van der Waals surface area contributed by atoms with Crippen molar-refractivity contribution in [3.05, 3.63) is 0 Å². The Morgan fingerprint density at radius 1 is 1.44 bits per heavy atom. The van der Waals surface area contributed by atoms with Crippen LogP contribution < -0.4 is 4.72 Å². The lowest BCUT2D eigenvalue weighted by molar-refractivity contribution is -0.139. The normalized spacial score (nSPS) is 12.5. The van der Waals surface area contributed by atoms with Crippen molar-refractivity contribution in [1.29, 1.82) is 0 Å². The minimum Gasteiger partial charge on any atom is -0.465 e. The van der Waals surface area contributed by atoms with Gasteiger partial charge in [-0.05, 0) is 27.2 Å². The second-order valence-corrected chi connectivity index (χ2v) is 5.75. The van der Waals surface area contributed by atoms with Crippen LogP contribution in [0, 0.1) is 0 Å². The Morgan fingerprint density at radius 3 is 2.44 bits per heavy atom. The summed E-state index contributed by atoms with van der Waals surface area (Å²) in [6.45, 7) is 4.88. The Bertz CT molecular complexity index is 323. The molecule has 0 radical (unpaired) electrons. The molecule has 2 N–H and O–H groups in total. The van der Waals surface area contributed by atoms with Gasteiger partial charge >= 0.3 is 5.97 Å². The molecule has 0 bridgehead atoms. The molecule has 96 valence electrons. The summed E-state index contributed by atoms with van der Waals surface area (Å²) in [5.74, 6) is -1.48. The Labute approximate surface area is 96.0 Å². The molecule has 0 aromatic carbocycles. The van der Waals surface area contributed by atoms with Gasteiger partial charge in [0.15, 0.2) is 5.75 Å². The van der Waals surface area contributed by atoms with Crippen molar-refractivity contribution in [3.8, 4) is 0 Å². The van der Waals surface area contributed by atoms with Crippen LogP contribution in [0.2, 0.25) is 0 Å². The van der Waals surface area contributed by atoms with E-state index in [9.17, 15) is 13.2 Å². The van der Waals surface area contributed by atoms with E-state index in [0.29, 0.717) is 0 Å². The van der Waals surface area contributed by atoms with Crippen LogP contribution in [0.3, 0.4) is 0 Å². The van der Waals surface area contributed by atoms with Crippen LogP contribution in [-0.4, -0.2) is 44.0 Å². The average Bonchev–Trinajstić information content (AvgIpc) is 1.99. The van der Waals surface area contributed by atoms with E-state index < -0.39 is 27.3 Å². The van der Waals surface area contributed by atoms with Crippen LogP contribution >= 0.6 is 0 Å². The fourth-order valence-electron chi connectivity index (χ4n) is 1.15. The summed E-state index contributed by atoms with van der Waals surface area (Å²) in [5.41, 5.74) is -0.778. The topological polar surface area (TPSA) is 92.7 Å². The van der Waals surface area contributed by atoms with Crippen molar-refractivity contribution in [2.45, 2.75) is 32.7 Å². The molecule has 0 heterocycles. The van der Waals surface area contributed by atoms with Gasteiger partial charge in [-0.25, -0.2) is 13.1 Å². The zero-order valence-electron chi connectivity index (χ0n) is 9.82. The first-order valence-electron chi connectivity index (χ1n) is 5.00. The van der Waals surface area contributed by atoms with Crippen LogP contribution in [0.25, 0.3) is 0 Å². The van der Waals surface area contributed by atoms with Crippen LogP contribution in [0.1, 0.15) is 27.2 Å². The first-order valence-corrected chi connectivity index (χ1v) is 6.66. The number of rotatable bonds is 7. The molecule has 0 fully saturated rings. The van der Waals surface area contributed by atoms with Crippen LogP contribution in [0.5, 0.6) is 0 Å². The minimum atomic E-state index is -3.72.